The summed E-state index contributed by atoms with van der Waals surface area (Å²) in [5, 5.41) is 2.86. The van der Waals surface area contributed by atoms with Gasteiger partial charge in [-0.25, -0.2) is 0 Å². The Morgan fingerprint density at radius 3 is 2.54 bits per heavy atom. The lowest BCUT2D eigenvalue weighted by atomic mass is 9.73. The molecule has 1 amide bonds. The summed E-state index contributed by atoms with van der Waals surface area (Å²) >= 11 is 0. The van der Waals surface area contributed by atoms with E-state index in [4.69, 9.17) is 0 Å². The number of hydrogen-bond acceptors (Lipinski definition) is 3. The molecule has 6 aliphatic rings. The first kappa shape index (κ1) is 24.0. The van der Waals surface area contributed by atoms with Crippen molar-refractivity contribution in [2.24, 2.45) is 17.8 Å². The summed E-state index contributed by atoms with van der Waals surface area (Å²) in [6.45, 7) is 4.79. The largest absolute Gasteiger partial charge is 0.368 e. The van der Waals surface area contributed by atoms with E-state index in [0.29, 0.717) is 41.9 Å². The van der Waals surface area contributed by atoms with E-state index < -0.39 is 0 Å². The molecule has 2 aromatic carbocycles. The lowest BCUT2D eigenvalue weighted by Gasteiger charge is -2.43. The van der Waals surface area contributed by atoms with E-state index in [1.165, 1.54) is 70.0 Å². The van der Waals surface area contributed by atoms with Crippen molar-refractivity contribution in [2.45, 2.75) is 83.1 Å². The highest BCUT2D eigenvalue weighted by Gasteiger charge is 2.44. The topological polar surface area (TPSA) is 40.6 Å². The number of carbonyl (C=O) groups is 2. The van der Waals surface area contributed by atoms with Gasteiger partial charge in [0.25, 0.3) is 0 Å². The number of allylic oxidation sites excluding steroid dienone is 4. The Labute approximate surface area is 232 Å². The molecule has 4 fully saturated rings. The van der Waals surface area contributed by atoms with E-state index in [2.05, 4.69) is 46.2 Å². The lowest BCUT2D eigenvalue weighted by Crippen LogP contribution is -2.56. The highest BCUT2D eigenvalue weighted by Crippen LogP contribution is 2.49. The van der Waals surface area contributed by atoms with Gasteiger partial charge in [-0.2, -0.15) is 0 Å². The minimum Gasteiger partial charge on any atom is -0.368 e. The van der Waals surface area contributed by atoms with Gasteiger partial charge in [-0.3, -0.25) is 9.59 Å². The van der Waals surface area contributed by atoms with E-state index in [0.717, 1.165) is 51.7 Å². The van der Waals surface area contributed by atoms with Crippen molar-refractivity contribution in [3.63, 3.8) is 0 Å². The predicted molar refractivity (Wildman–Crippen MR) is 157 cm³/mol. The summed E-state index contributed by atoms with van der Waals surface area (Å²) in [4.78, 5) is 30.8. The number of hydrogen-bond donors (Lipinski definition) is 0. The van der Waals surface area contributed by atoms with Crippen molar-refractivity contribution < 1.29 is 9.59 Å². The monoisotopic (exact) mass is 520 g/mol. The second-order valence-corrected chi connectivity index (χ2v) is 13.1. The Morgan fingerprint density at radius 1 is 0.949 bits per heavy atom. The summed E-state index contributed by atoms with van der Waals surface area (Å²) in [6, 6.07) is 10.1. The molecule has 4 heteroatoms. The fourth-order valence-corrected chi connectivity index (χ4v) is 7.87. The second kappa shape index (κ2) is 9.08. The van der Waals surface area contributed by atoms with Crippen LogP contribution in [0, 0.1) is 17.8 Å². The molecule has 8 rings (SSSR count). The zero-order chi connectivity index (χ0) is 26.2. The zero-order valence-electron chi connectivity index (χ0n) is 23.3. The summed E-state index contributed by atoms with van der Waals surface area (Å²) < 4.78 is 0. The Bertz CT molecular complexity index is 1440. The lowest BCUT2D eigenvalue weighted by molar-refractivity contribution is -0.135. The smallest absolute Gasteiger partial charge is 0.226 e. The van der Waals surface area contributed by atoms with Gasteiger partial charge in [0.15, 0.2) is 0 Å². The number of aryl methyl sites for hydroxylation is 1. The normalized spacial score (nSPS) is 26.6. The third-order valence-corrected chi connectivity index (χ3v) is 10.5. The molecule has 1 saturated heterocycles. The van der Waals surface area contributed by atoms with Gasteiger partial charge in [0.05, 0.1) is 6.04 Å². The maximum atomic E-state index is 13.1. The van der Waals surface area contributed by atoms with Crippen molar-refractivity contribution in [1.29, 1.82) is 0 Å². The molecule has 39 heavy (non-hydrogen) atoms. The van der Waals surface area contributed by atoms with Crippen LogP contribution in [0.1, 0.15) is 87.3 Å². The van der Waals surface area contributed by atoms with E-state index in [1.807, 2.05) is 6.92 Å². The molecule has 2 aromatic rings. The fourth-order valence-electron chi connectivity index (χ4n) is 7.87. The van der Waals surface area contributed by atoms with E-state index in [1.54, 1.807) is 0 Å². The molecule has 1 aliphatic heterocycles. The molecular formula is C35H40N2O2. The number of nitrogens with zero attached hydrogens (tertiary/aromatic N) is 2. The molecular weight excluding hydrogens is 480 g/mol. The zero-order valence-corrected chi connectivity index (χ0v) is 23.3. The third kappa shape index (κ3) is 4.08. The third-order valence-electron chi connectivity index (χ3n) is 10.5. The number of amides is 1. The molecule has 4 nitrogen and oxygen atoms in total. The Balaban J connectivity index is 1.19. The molecule has 0 spiro atoms. The van der Waals surface area contributed by atoms with Crippen molar-refractivity contribution in [3.8, 4) is 0 Å². The average molecular weight is 521 g/mol. The first-order valence-corrected chi connectivity index (χ1v) is 15.7. The second-order valence-electron chi connectivity index (χ2n) is 13.1. The van der Waals surface area contributed by atoms with Crippen LogP contribution in [0.3, 0.4) is 0 Å². The maximum absolute atomic E-state index is 13.1. The molecule has 0 N–H and O–H groups in total. The van der Waals surface area contributed by atoms with Gasteiger partial charge in [-0.1, -0.05) is 36.8 Å². The molecule has 3 saturated carbocycles. The molecule has 2 atom stereocenters. The van der Waals surface area contributed by atoms with E-state index in [9.17, 15) is 9.59 Å². The molecule has 0 aromatic heterocycles. The Kier molecular flexibility index (Phi) is 5.58. The molecule has 0 bridgehead atoms. The fraction of sp³-hybridized carbons (Fsp3) is 0.543. The summed E-state index contributed by atoms with van der Waals surface area (Å²) in [5.74, 6) is 2.57. The van der Waals surface area contributed by atoms with Crippen molar-refractivity contribution in [1.82, 2.24) is 4.90 Å². The molecule has 1 heterocycles. The maximum Gasteiger partial charge on any atom is 0.226 e. The Morgan fingerprint density at radius 2 is 1.79 bits per heavy atom. The summed E-state index contributed by atoms with van der Waals surface area (Å²) in [5.41, 5.74) is 8.41. The number of benzene rings is 2. The first-order valence-electron chi connectivity index (χ1n) is 15.7. The van der Waals surface area contributed by atoms with Crippen LogP contribution in [-0.2, 0) is 16.0 Å². The van der Waals surface area contributed by atoms with Crippen LogP contribution in [0.15, 0.2) is 42.0 Å². The van der Waals surface area contributed by atoms with Crippen molar-refractivity contribution in [3.05, 3.63) is 58.7 Å². The molecule has 1 unspecified atom stereocenters. The standard InChI is InChI=1S/C35H40N2O2/c1-2-34(38)30-5-3-4-25-26-12-15-29-31(21-6-7-21)18-24(19-32(29)28(26)14-13-27(25)30)36-16-17-37(35(39)23-10-11-23)33(20-36)22-8-9-22/h3-4,12,15,18-19,21-23,30,33H,2,5-11,13-14,16-17,20H2,1H3/t30-,33?/m1/s1. The highest BCUT2D eigenvalue weighted by atomic mass is 16.2. The summed E-state index contributed by atoms with van der Waals surface area (Å²) in [6.07, 6.45) is 15.4. The van der Waals surface area contributed by atoms with Gasteiger partial charge >= 0.3 is 0 Å². The highest BCUT2D eigenvalue weighted by molar-refractivity contribution is 5.99. The minimum absolute atomic E-state index is 0.0706. The van der Waals surface area contributed by atoms with Gasteiger partial charge < -0.3 is 9.80 Å². The Hall–Kier alpha value is -2.88. The van der Waals surface area contributed by atoms with Crippen molar-refractivity contribution >= 4 is 33.7 Å². The SMILES string of the molecule is CCC(=O)[C@@H]1CC=CC2=C1CCc1c2ccc2c(C3CC3)cc(N3CCN(C(=O)C4CC4)C(C4CC4)C3)cc12. The number of Topliss-reactive ketones (excluding diaryl/α,β-unsaturated/α-hetero) is 1. The van der Waals surface area contributed by atoms with Crippen LogP contribution < -0.4 is 4.90 Å². The average Bonchev–Trinajstić information content (AvgIpc) is 3.83. The first-order chi connectivity index (χ1) is 19.1. The number of fused-ring (bicyclic) bond motifs is 4. The number of anilines is 1. The number of carbonyl (C=O) groups excluding carboxylic acids is 2. The van der Waals surface area contributed by atoms with Gasteiger partial charge in [-0.05, 0) is 115 Å². The number of rotatable bonds is 6. The van der Waals surface area contributed by atoms with Gasteiger partial charge in [0, 0.05) is 43.6 Å². The van der Waals surface area contributed by atoms with Crippen LogP contribution in [0.5, 0.6) is 0 Å². The van der Waals surface area contributed by atoms with Crippen LogP contribution >= 0.6 is 0 Å². The van der Waals surface area contributed by atoms with Gasteiger partial charge in [0.2, 0.25) is 5.91 Å². The molecule has 5 aliphatic carbocycles. The number of piperazine rings is 1. The summed E-state index contributed by atoms with van der Waals surface area (Å²) in [7, 11) is 0. The van der Waals surface area contributed by atoms with Crippen LogP contribution in [0.4, 0.5) is 5.69 Å². The van der Waals surface area contributed by atoms with Gasteiger partial charge in [0.1, 0.15) is 5.78 Å². The van der Waals surface area contributed by atoms with Crippen LogP contribution in [-0.4, -0.2) is 42.3 Å². The predicted octanol–water partition coefficient (Wildman–Crippen LogP) is 6.81. The van der Waals surface area contributed by atoms with E-state index >= 15 is 0 Å². The molecule has 0 radical (unpaired) electrons. The quantitative estimate of drug-likeness (QED) is 0.420. The molecule has 202 valence electrons. The number of ketones is 1. The minimum atomic E-state index is 0.0706. The van der Waals surface area contributed by atoms with E-state index in [-0.39, 0.29) is 5.92 Å². The van der Waals surface area contributed by atoms with Gasteiger partial charge in [-0.15, -0.1) is 0 Å². The van der Waals surface area contributed by atoms with Crippen LogP contribution in [0.25, 0.3) is 16.3 Å². The van der Waals surface area contributed by atoms with Crippen molar-refractivity contribution in [2.75, 3.05) is 24.5 Å². The van der Waals surface area contributed by atoms with Crippen LogP contribution in [0.2, 0.25) is 0 Å².